The summed E-state index contributed by atoms with van der Waals surface area (Å²) >= 11 is 0. The minimum atomic E-state index is -1.17. The summed E-state index contributed by atoms with van der Waals surface area (Å²) in [5, 5.41) is 16.3. The van der Waals surface area contributed by atoms with Gasteiger partial charge in [0, 0.05) is 6.42 Å². The Hall–Kier alpha value is 0.952. The molecule has 5 nitrogen and oxygen atoms in total. The maximum absolute atomic E-state index is 9.99. The maximum atomic E-state index is 9.99. The van der Waals surface area contributed by atoms with Gasteiger partial charge in [0.05, 0.1) is 0 Å². The summed E-state index contributed by atoms with van der Waals surface area (Å²) in [6, 6.07) is -1.06. The normalized spacial score (nSPS) is 11.4. The van der Waals surface area contributed by atoms with E-state index in [1.807, 2.05) is 0 Å². The zero-order chi connectivity index (χ0) is 8.15. The van der Waals surface area contributed by atoms with Crippen LogP contribution in [0, 0.1) is 0 Å². The van der Waals surface area contributed by atoms with Gasteiger partial charge in [0.15, 0.2) is 0 Å². The first-order valence-electron chi connectivity index (χ1n) is 2.74. The first kappa shape index (κ1) is 14.5. The Morgan fingerprint density at radius 2 is 1.91 bits per heavy atom. The quantitative estimate of drug-likeness (QED) is 0.494. The van der Waals surface area contributed by atoms with Crippen molar-refractivity contribution in [3.8, 4) is 0 Å². The van der Waals surface area contributed by atoms with E-state index in [1.54, 1.807) is 0 Å². The minimum Gasteiger partial charge on any atom is -1.00 e. The van der Waals surface area contributed by atoms with Crippen LogP contribution in [-0.2, 0) is 9.59 Å². The van der Waals surface area contributed by atoms with Gasteiger partial charge in [0.1, 0.15) is 6.04 Å². The van der Waals surface area contributed by atoms with Gasteiger partial charge in [-0.3, -0.25) is 9.59 Å². The molecule has 0 saturated carbocycles. The standard InChI is InChI=1S/C5H9NO4.Cs.H/c6-3(5(9)10)1-2-4(7)8;;/h3H,1-2,6H2,(H,7,8)(H,9,10);;/q;+1;-1/t3-;;/m0../s1. The Balaban J connectivity index is -0.000000405. The third-order valence-corrected chi connectivity index (χ3v) is 0.986. The van der Waals surface area contributed by atoms with Gasteiger partial charge in [-0.15, -0.1) is 0 Å². The van der Waals surface area contributed by atoms with Gasteiger partial charge in [-0.1, -0.05) is 0 Å². The van der Waals surface area contributed by atoms with Gasteiger partial charge in [0.25, 0.3) is 0 Å². The van der Waals surface area contributed by atoms with Crippen LogP contribution in [0.25, 0.3) is 0 Å². The molecular weight excluding hydrogens is 271 g/mol. The molecule has 0 unspecified atom stereocenters. The van der Waals surface area contributed by atoms with Gasteiger partial charge in [-0.25, -0.2) is 0 Å². The largest absolute Gasteiger partial charge is 1.00 e. The Kier molecular flexibility index (Phi) is 9.99. The van der Waals surface area contributed by atoms with Gasteiger partial charge in [-0.05, 0) is 6.42 Å². The fraction of sp³-hybridized carbons (Fsp3) is 0.600. The second-order valence-electron chi connectivity index (χ2n) is 1.88. The Morgan fingerprint density at radius 3 is 2.18 bits per heavy atom. The van der Waals surface area contributed by atoms with Crippen LogP contribution in [0.2, 0.25) is 0 Å². The van der Waals surface area contributed by atoms with Crippen molar-refractivity contribution in [1.82, 2.24) is 0 Å². The van der Waals surface area contributed by atoms with Crippen molar-refractivity contribution < 1.29 is 90.1 Å². The first-order chi connectivity index (χ1) is 4.54. The van der Waals surface area contributed by atoms with E-state index in [0.29, 0.717) is 0 Å². The average Bonchev–Trinajstić information content (AvgIpc) is 1.82. The molecule has 0 heterocycles. The third kappa shape index (κ3) is 8.86. The molecule has 0 saturated heterocycles. The second-order valence-corrected chi connectivity index (χ2v) is 1.88. The van der Waals surface area contributed by atoms with E-state index in [1.165, 1.54) is 0 Å². The molecule has 0 rings (SSSR count). The molecule has 0 amide bonds. The van der Waals surface area contributed by atoms with Gasteiger partial charge in [-0.2, -0.15) is 0 Å². The predicted octanol–water partition coefficient (Wildman–Crippen LogP) is -3.62. The molecule has 0 spiro atoms. The zero-order valence-electron chi connectivity index (χ0n) is 7.28. The zero-order valence-corrected chi connectivity index (χ0v) is 12.6. The summed E-state index contributed by atoms with van der Waals surface area (Å²) in [5.74, 6) is -2.20. The Bertz CT molecular complexity index is 154. The van der Waals surface area contributed by atoms with Crippen molar-refractivity contribution in [2.45, 2.75) is 18.9 Å². The molecule has 0 aliphatic carbocycles. The SMILES string of the molecule is N[C@@H](CCC(=O)O)C(=O)O.[Cs+].[H-]. The van der Waals surface area contributed by atoms with Crippen LogP contribution in [0.1, 0.15) is 14.3 Å². The van der Waals surface area contributed by atoms with Gasteiger partial charge >= 0.3 is 80.8 Å². The van der Waals surface area contributed by atoms with Crippen LogP contribution in [-0.4, -0.2) is 28.2 Å². The summed E-state index contributed by atoms with van der Waals surface area (Å²) in [4.78, 5) is 19.9. The van der Waals surface area contributed by atoms with Crippen LogP contribution >= 0.6 is 0 Å². The molecule has 0 fully saturated rings. The van der Waals surface area contributed by atoms with Crippen LogP contribution in [0.4, 0.5) is 0 Å². The van der Waals surface area contributed by atoms with Gasteiger partial charge in [0.2, 0.25) is 0 Å². The molecule has 0 aromatic carbocycles. The van der Waals surface area contributed by atoms with E-state index in [4.69, 9.17) is 15.9 Å². The van der Waals surface area contributed by atoms with Crippen molar-refractivity contribution in [2.24, 2.45) is 5.73 Å². The van der Waals surface area contributed by atoms with Crippen molar-refractivity contribution in [2.75, 3.05) is 0 Å². The smallest absolute Gasteiger partial charge is 1.00 e. The van der Waals surface area contributed by atoms with E-state index >= 15 is 0 Å². The molecule has 0 aliphatic rings. The summed E-state index contributed by atoms with van der Waals surface area (Å²) in [6.45, 7) is 0. The topological polar surface area (TPSA) is 101 Å². The Labute approximate surface area is 124 Å². The molecule has 0 aromatic heterocycles. The number of carbonyl (C=O) groups is 2. The van der Waals surface area contributed by atoms with Crippen molar-refractivity contribution >= 4 is 11.9 Å². The minimum absolute atomic E-state index is 0. The van der Waals surface area contributed by atoms with Crippen LogP contribution < -0.4 is 74.6 Å². The monoisotopic (exact) mass is 281 g/mol. The average molecular weight is 281 g/mol. The number of hydrogen-bond donors (Lipinski definition) is 3. The predicted molar refractivity (Wildman–Crippen MR) is 33.6 cm³/mol. The number of aliphatic carboxylic acids is 2. The van der Waals surface area contributed by atoms with E-state index < -0.39 is 18.0 Å². The summed E-state index contributed by atoms with van der Waals surface area (Å²) < 4.78 is 0. The van der Waals surface area contributed by atoms with Crippen LogP contribution in [0.5, 0.6) is 0 Å². The third-order valence-electron chi connectivity index (χ3n) is 0.986. The molecule has 0 bridgehead atoms. The molecule has 11 heavy (non-hydrogen) atoms. The summed E-state index contributed by atoms with van der Waals surface area (Å²) in [6.07, 6.45) is -0.224. The Morgan fingerprint density at radius 1 is 1.45 bits per heavy atom. The van der Waals surface area contributed by atoms with E-state index in [-0.39, 0.29) is 83.2 Å². The second kappa shape index (κ2) is 7.59. The number of carboxylic acids is 2. The number of nitrogens with two attached hydrogens (primary N) is 1. The molecule has 4 N–H and O–H groups in total. The molecule has 0 aliphatic heterocycles. The van der Waals surface area contributed by atoms with E-state index in [9.17, 15) is 9.59 Å². The molecule has 60 valence electrons. The molecule has 6 heteroatoms. The number of rotatable bonds is 4. The molecule has 1 atom stereocenters. The maximum Gasteiger partial charge on any atom is 1.00 e. The molecule has 0 aromatic rings. The summed E-state index contributed by atoms with van der Waals surface area (Å²) in [7, 11) is 0. The van der Waals surface area contributed by atoms with Crippen LogP contribution in [0.15, 0.2) is 0 Å². The van der Waals surface area contributed by atoms with Crippen molar-refractivity contribution in [3.63, 3.8) is 0 Å². The van der Waals surface area contributed by atoms with Crippen molar-refractivity contribution in [3.05, 3.63) is 0 Å². The van der Waals surface area contributed by atoms with Crippen molar-refractivity contribution in [1.29, 1.82) is 0 Å². The molecular formula is C5H10CsNO4. The summed E-state index contributed by atoms with van der Waals surface area (Å²) in [5.41, 5.74) is 5.00. The van der Waals surface area contributed by atoms with E-state index in [0.717, 1.165) is 0 Å². The van der Waals surface area contributed by atoms with Crippen LogP contribution in [0.3, 0.4) is 0 Å². The van der Waals surface area contributed by atoms with Gasteiger partial charge < -0.3 is 17.4 Å². The fourth-order valence-corrected chi connectivity index (χ4v) is 0.402. The number of carboxylic acid groups (broad SMARTS) is 2. The van der Waals surface area contributed by atoms with E-state index in [2.05, 4.69) is 0 Å². The number of hydrogen-bond acceptors (Lipinski definition) is 3. The fourth-order valence-electron chi connectivity index (χ4n) is 0.402. The first-order valence-corrected chi connectivity index (χ1v) is 2.74. The molecule has 0 radical (unpaired) electrons.